The van der Waals surface area contributed by atoms with E-state index in [4.69, 9.17) is 0 Å². The fraction of sp³-hybridized carbons (Fsp3) is 0.444. The van der Waals surface area contributed by atoms with E-state index in [0.29, 0.717) is 6.42 Å². The lowest BCUT2D eigenvalue weighted by molar-refractivity contribution is -0.111. The maximum absolute atomic E-state index is 11.2. The summed E-state index contributed by atoms with van der Waals surface area (Å²) in [6.45, 7) is 3.87. The monoisotopic (exact) mass is 196 g/mol. The van der Waals surface area contributed by atoms with Gasteiger partial charge in [-0.3, -0.25) is 9.79 Å². The second-order valence-corrected chi connectivity index (χ2v) is 4.06. The summed E-state index contributed by atoms with van der Waals surface area (Å²) in [5, 5.41) is 1.01. The molecule has 0 bridgehead atoms. The van der Waals surface area contributed by atoms with Crippen molar-refractivity contribution < 1.29 is 4.79 Å². The van der Waals surface area contributed by atoms with E-state index in [0.717, 1.165) is 15.6 Å². The van der Waals surface area contributed by atoms with Gasteiger partial charge in [0.2, 0.25) is 0 Å². The zero-order valence-corrected chi connectivity index (χ0v) is 8.81. The first kappa shape index (κ1) is 10.1. The Kier molecular flexibility index (Phi) is 3.31. The molecule has 0 fully saturated rings. The Balaban J connectivity index is 2.74. The van der Waals surface area contributed by atoms with Crippen LogP contribution < -0.4 is 0 Å². The second-order valence-electron chi connectivity index (χ2n) is 2.77. The molecule has 0 radical (unpaired) electrons. The highest BCUT2D eigenvalue weighted by molar-refractivity contribution is 7.11. The van der Waals surface area contributed by atoms with Crippen molar-refractivity contribution >= 4 is 23.3 Å². The number of rotatable bonds is 3. The Hall–Kier alpha value is -1.03. The molecule has 0 aliphatic heterocycles. The molecule has 0 aliphatic rings. The fourth-order valence-corrected chi connectivity index (χ4v) is 2.03. The van der Waals surface area contributed by atoms with E-state index >= 15 is 0 Å². The van der Waals surface area contributed by atoms with Gasteiger partial charge >= 0.3 is 0 Å². The van der Waals surface area contributed by atoms with Crippen LogP contribution in [0.4, 0.5) is 0 Å². The van der Waals surface area contributed by atoms with E-state index < -0.39 is 0 Å². The summed E-state index contributed by atoms with van der Waals surface area (Å²) in [6.07, 6.45) is 1.78. The first-order chi connectivity index (χ1) is 6.13. The summed E-state index contributed by atoms with van der Waals surface area (Å²) in [4.78, 5) is 20.2. The van der Waals surface area contributed by atoms with Crippen molar-refractivity contribution in [1.82, 2.24) is 4.98 Å². The molecule has 1 aromatic heterocycles. The Morgan fingerprint density at radius 1 is 1.62 bits per heavy atom. The van der Waals surface area contributed by atoms with E-state index in [1.165, 1.54) is 6.21 Å². The number of aromatic nitrogens is 1. The molecule has 0 amide bonds. The number of aryl methyl sites for hydroxylation is 2. The van der Waals surface area contributed by atoms with Gasteiger partial charge in [-0.15, -0.1) is 11.3 Å². The van der Waals surface area contributed by atoms with Crippen molar-refractivity contribution in [2.75, 3.05) is 7.05 Å². The van der Waals surface area contributed by atoms with Gasteiger partial charge in [0.1, 0.15) is 0 Å². The Morgan fingerprint density at radius 3 is 2.77 bits per heavy atom. The van der Waals surface area contributed by atoms with Crippen LogP contribution in [0.2, 0.25) is 0 Å². The van der Waals surface area contributed by atoms with Gasteiger partial charge in [-0.05, 0) is 13.8 Å². The fourth-order valence-electron chi connectivity index (χ4n) is 1.09. The minimum atomic E-state index is 0.0363. The number of carbonyl (C=O) groups excluding carboxylic acids is 1. The predicted octanol–water partition coefficient (Wildman–Crippen LogP) is 1.57. The number of hydrogen-bond acceptors (Lipinski definition) is 4. The number of thiazole rings is 1. The molecular formula is C9H12N2OS. The molecule has 4 heteroatoms. The van der Waals surface area contributed by atoms with E-state index in [9.17, 15) is 4.79 Å². The third-order valence-electron chi connectivity index (χ3n) is 1.61. The van der Waals surface area contributed by atoms with Gasteiger partial charge in [0.25, 0.3) is 0 Å². The second kappa shape index (κ2) is 4.28. The molecule has 0 aromatic carbocycles. The molecule has 1 heterocycles. The van der Waals surface area contributed by atoms with Gasteiger partial charge in [0.15, 0.2) is 5.78 Å². The standard InChI is InChI=1S/C9H12N2OS/c1-6-9(13-7(2)11-6)4-8(12)5-10-3/h5H,4H2,1-3H3. The van der Waals surface area contributed by atoms with Gasteiger partial charge in [0, 0.05) is 18.3 Å². The first-order valence-electron chi connectivity index (χ1n) is 4.01. The van der Waals surface area contributed by atoms with Gasteiger partial charge in [0.05, 0.1) is 16.9 Å². The summed E-state index contributed by atoms with van der Waals surface area (Å²) < 4.78 is 0. The zero-order chi connectivity index (χ0) is 9.84. The lowest BCUT2D eigenvalue weighted by Gasteiger charge is -1.91. The number of Topliss-reactive ketones (excluding diaryl/α,β-unsaturated/α-hetero) is 1. The molecule has 0 unspecified atom stereocenters. The molecule has 0 spiro atoms. The van der Waals surface area contributed by atoms with Gasteiger partial charge < -0.3 is 0 Å². The van der Waals surface area contributed by atoms with Gasteiger partial charge in [-0.1, -0.05) is 0 Å². The van der Waals surface area contributed by atoms with Crippen LogP contribution in [0.15, 0.2) is 4.99 Å². The highest BCUT2D eigenvalue weighted by Crippen LogP contribution is 2.17. The van der Waals surface area contributed by atoms with Crippen molar-refractivity contribution in [3.8, 4) is 0 Å². The molecule has 0 N–H and O–H groups in total. The SMILES string of the molecule is CN=CC(=O)Cc1sc(C)nc1C. The van der Waals surface area contributed by atoms with Crippen LogP contribution in [-0.2, 0) is 11.2 Å². The molecule has 3 nitrogen and oxygen atoms in total. The first-order valence-corrected chi connectivity index (χ1v) is 4.83. The summed E-state index contributed by atoms with van der Waals surface area (Å²) in [7, 11) is 1.60. The lowest BCUT2D eigenvalue weighted by atomic mass is 10.2. The lowest BCUT2D eigenvalue weighted by Crippen LogP contribution is -2.03. The molecule has 0 aliphatic carbocycles. The number of hydrogen-bond donors (Lipinski definition) is 0. The Morgan fingerprint density at radius 2 is 2.31 bits per heavy atom. The van der Waals surface area contributed by atoms with Crippen molar-refractivity contribution in [3.05, 3.63) is 15.6 Å². The van der Waals surface area contributed by atoms with Crippen molar-refractivity contribution in [3.63, 3.8) is 0 Å². The molecule has 0 saturated carbocycles. The third-order valence-corrected chi connectivity index (χ3v) is 2.68. The van der Waals surface area contributed by atoms with E-state index in [1.807, 2.05) is 13.8 Å². The van der Waals surface area contributed by atoms with E-state index in [-0.39, 0.29) is 5.78 Å². The maximum Gasteiger partial charge on any atom is 0.178 e. The molecular weight excluding hydrogens is 184 g/mol. The summed E-state index contributed by atoms with van der Waals surface area (Å²) in [6, 6.07) is 0. The van der Waals surface area contributed by atoms with Gasteiger partial charge in [-0.25, -0.2) is 4.98 Å². The van der Waals surface area contributed by atoms with Crippen LogP contribution in [-0.4, -0.2) is 24.0 Å². The van der Waals surface area contributed by atoms with Crippen LogP contribution >= 0.6 is 11.3 Å². The number of nitrogens with zero attached hydrogens (tertiary/aromatic N) is 2. The number of carbonyl (C=O) groups is 1. The smallest absolute Gasteiger partial charge is 0.178 e. The Labute approximate surface area is 81.5 Å². The average Bonchev–Trinajstić information content (AvgIpc) is 2.30. The molecule has 0 saturated heterocycles. The molecule has 1 rings (SSSR count). The molecule has 0 atom stereocenters. The summed E-state index contributed by atoms with van der Waals surface area (Å²) in [5.41, 5.74) is 0.959. The highest BCUT2D eigenvalue weighted by Gasteiger charge is 2.07. The average molecular weight is 196 g/mol. The third kappa shape index (κ3) is 2.73. The quantitative estimate of drug-likeness (QED) is 0.689. The molecule has 13 heavy (non-hydrogen) atoms. The van der Waals surface area contributed by atoms with Crippen LogP contribution in [0.1, 0.15) is 15.6 Å². The van der Waals surface area contributed by atoms with Crippen molar-refractivity contribution in [2.45, 2.75) is 20.3 Å². The van der Waals surface area contributed by atoms with Crippen LogP contribution in [0.3, 0.4) is 0 Å². The number of aliphatic imine (C=N–C) groups is 1. The summed E-state index contributed by atoms with van der Waals surface area (Å²) in [5.74, 6) is 0.0363. The zero-order valence-electron chi connectivity index (χ0n) is 8.00. The normalized spacial score (nSPS) is 11.0. The van der Waals surface area contributed by atoms with Crippen LogP contribution in [0, 0.1) is 13.8 Å². The van der Waals surface area contributed by atoms with Gasteiger partial charge in [-0.2, -0.15) is 0 Å². The van der Waals surface area contributed by atoms with Crippen molar-refractivity contribution in [1.29, 1.82) is 0 Å². The minimum absolute atomic E-state index is 0.0363. The summed E-state index contributed by atoms with van der Waals surface area (Å²) >= 11 is 1.57. The largest absolute Gasteiger partial charge is 0.293 e. The van der Waals surface area contributed by atoms with Crippen LogP contribution in [0.5, 0.6) is 0 Å². The highest BCUT2D eigenvalue weighted by atomic mass is 32.1. The predicted molar refractivity (Wildman–Crippen MR) is 54.7 cm³/mol. The maximum atomic E-state index is 11.2. The molecule has 1 aromatic rings. The van der Waals surface area contributed by atoms with Crippen LogP contribution in [0.25, 0.3) is 0 Å². The van der Waals surface area contributed by atoms with E-state index in [1.54, 1.807) is 18.4 Å². The topological polar surface area (TPSA) is 42.3 Å². The Bertz CT molecular complexity index is 341. The number of ketones is 1. The van der Waals surface area contributed by atoms with E-state index in [2.05, 4.69) is 9.98 Å². The minimum Gasteiger partial charge on any atom is -0.293 e. The molecule has 70 valence electrons. The van der Waals surface area contributed by atoms with Crippen molar-refractivity contribution in [2.24, 2.45) is 4.99 Å².